The van der Waals surface area contributed by atoms with Gasteiger partial charge < -0.3 is 100 Å². The molecule has 0 aliphatic carbocycles. The maximum Gasteiger partial charge on any atom is 0.364 e. The van der Waals surface area contributed by atoms with Gasteiger partial charge in [-0.05, 0) is 44.9 Å². The number of hydrogen-bond donors (Lipinski definition) is 14. The standard InChI is InChI=1S/C64H116N2O21/c1-4-6-8-10-12-14-16-18-19-20-21-22-23-24-26-28-30-32-34-36-38-51(74)66-45(46(71)37-35-33-31-29-27-25-17-15-13-11-9-7-5-2)43-82-61-56(78)55(77)58(50(42-69)84-61)85-62-57(79)60(54(76)49(41-68)83-62)87-64(63(80)81)39-47(72)52(65-44(3)70)59(86-64)53(75)48(73)40-67/h21-22,35,37,45-50,52-62,67-69,71-73,75-79H,4-20,23-34,36,38-43H2,1-3H3,(H,65,70)(H,66,74)(H,80,81)/b22-21-,37-35+. The Labute approximate surface area is 517 Å². The average molecular weight is 1250 g/mol. The van der Waals surface area contributed by atoms with Gasteiger partial charge in [0.1, 0.15) is 67.1 Å². The lowest BCUT2D eigenvalue weighted by molar-refractivity contribution is -0.386. The summed E-state index contributed by atoms with van der Waals surface area (Å²) in [5.74, 6) is -6.15. The number of carbonyl (C=O) groups excluding carboxylic acids is 2. The summed E-state index contributed by atoms with van der Waals surface area (Å²) in [5, 5.41) is 136. The first-order chi connectivity index (χ1) is 41.9. The maximum atomic E-state index is 13.4. The Morgan fingerprint density at radius 1 is 0.598 bits per heavy atom. The molecular weight excluding hydrogens is 1130 g/mol. The molecule has 0 spiro atoms. The molecular formula is C64H116N2O21. The second-order valence-electron chi connectivity index (χ2n) is 24.3. The monoisotopic (exact) mass is 1250 g/mol. The van der Waals surface area contributed by atoms with Crippen molar-refractivity contribution in [1.82, 2.24) is 10.6 Å². The number of unbranched alkanes of at least 4 members (excludes halogenated alkanes) is 27. The van der Waals surface area contributed by atoms with Gasteiger partial charge in [-0.1, -0.05) is 186 Å². The van der Waals surface area contributed by atoms with E-state index in [-0.39, 0.29) is 12.3 Å². The summed E-state index contributed by atoms with van der Waals surface area (Å²) in [6.45, 7) is 2.11. The lowest BCUT2D eigenvalue weighted by atomic mass is 9.88. The van der Waals surface area contributed by atoms with E-state index in [4.69, 9.17) is 28.4 Å². The normalized spacial score (nSPS) is 29.3. The molecule has 23 heteroatoms. The number of amides is 2. The van der Waals surface area contributed by atoms with Gasteiger partial charge in [-0.15, -0.1) is 0 Å². The van der Waals surface area contributed by atoms with E-state index in [9.17, 15) is 75.7 Å². The zero-order chi connectivity index (χ0) is 64.0. The van der Waals surface area contributed by atoms with Crippen LogP contribution in [0.4, 0.5) is 0 Å². The van der Waals surface area contributed by atoms with Crippen molar-refractivity contribution >= 4 is 17.8 Å². The van der Waals surface area contributed by atoms with Gasteiger partial charge in [0.25, 0.3) is 5.79 Å². The van der Waals surface area contributed by atoms with Crippen LogP contribution in [0, 0.1) is 0 Å². The summed E-state index contributed by atoms with van der Waals surface area (Å²) in [5.41, 5.74) is 0. The molecule has 3 rings (SSSR count). The summed E-state index contributed by atoms with van der Waals surface area (Å²) in [7, 11) is 0. The fraction of sp³-hybridized carbons (Fsp3) is 0.891. The van der Waals surface area contributed by atoms with Crippen LogP contribution < -0.4 is 10.6 Å². The molecule has 14 N–H and O–H groups in total. The molecule has 0 radical (unpaired) electrons. The first kappa shape index (κ1) is 78.5. The van der Waals surface area contributed by atoms with Gasteiger partial charge in [-0.25, -0.2) is 4.79 Å². The van der Waals surface area contributed by atoms with Crippen LogP contribution in [0.3, 0.4) is 0 Å². The Kier molecular flexibility index (Phi) is 41.0. The topological polar surface area (TPSA) is 373 Å². The predicted octanol–water partition coefficient (Wildman–Crippen LogP) is 4.89. The second-order valence-corrected chi connectivity index (χ2v) is 24.3. The van der Waals surface area contributed by atoms with Crippen molar-refractivity contribution in [1.29, 1.82) is 0 Å². The van der Waals surface area contributed by atoms with E-state index < -0.39 is 155 Å². The van der Waals surface area contributed by atoms with Crippen molar-refractivity contribution in [2.75, 3.05) is 26.4 Å². The number of rotatable bonds is 49. The van der Waals surface area contributed by atoms with E-state index in [0.29, 0.717) is 12.8 Å². The minimum atomic E-state index is -3.08. The molecule has 87 heavy (non-hydrogen) atoms. The van der Waals surface area contributed by atoms with Gasteiger partial charge in [-0.2, -0.15) is 0 Å². The molecule has 18 unspecified atom stereocenters. The third-order valence-corrected chi connectivity index (χ3v) is 16.9. The third-order valence-electron chi connectivity index (χ3n) is 16.9. The van der Waals surface area contributed by atoms with Gasteiger partial charge >= 0.3 is 5.97 Å². The Morgan fingerprint density at radius 2 is 1.08 bits per heavy atom. The molecule has 3 fully saturated rings. The van der Waals surface area contributed by atoms with E-state index in [0.717, 1.165) is 77.6 Å². The van der Waals surface area contributed by atoms with Crippen LogP contribution in [-0.4, -0.2) is 215 Å². The van der Waals surface area contributed by atoms with Crippen molar-refractivity contribution < 1.29 is 104 Å². The molecule has 0 saturated carbocycles. The number of aliphatic hydroxyl groups excluding tert-OH is 11. The van der Waals surface area contributed by atoms with E-state index >= 15 is 0 Å². The minimum Gasteiger partial charge on any atom is -0.477 e. The van der Waals surface area contributed by atoms with Crippen LogP contribution in [0.2, 0.25) is 0 Å². The fourth-order valence-corrected chi connectivity index (χ4v) is 11.5. The number of carboxylic acids is 1. The SMILES string of the molecule is CCCCCCCCCCC/C=C\CCCCCCCCCC(=O)NC(COC1OC(CO)C(OC2OC(CO)C(O)C(OC3(C(=O)O)CC(O)C(NC(C)=O)C(C(O)C(O)CO)O3)C2O)C(O)C1O)C(O)/C=C/CCCCCCCCCCCCC. The highest BCUT2D eigenvalue weighted by atomic mass is 16.8. The largest absolute Gasteiger partial charge is 0.477 e. The van der Waals surface area contributed by atoms with Gasteiger partial charge in [-0.3, -0.25) is 9.59 Å². The van der Waals surface area contributed by atoms with Gasteiger partial charge in [0.2, 0.25) is 11.8 Å². The second kappa shape index (κ2) is 45.5. The highest BCUT2D eigenvalue weighted by Gasteiger charge is 2.60. The van der Waals surface area contributed by atoms with Crippen LogP contribution in [0.5, 0.6) is 0 Å². The Hall–Kier alpha value is -2.79. The van der Waals surface area contributed by atoms with E-state index in [1.165, 1.54) is 109 Å². The van der Waals surface area contributed by atoms with Crippen LogP contribution in [0.25, 0.3) is 0 Å². The molecule has 508 valence electrons. The lowest BCUT2D eigenvalue weighted by Gasteiger charge is -2.50. The maximum absolute atomic E-state index is 13.4. The van der Waals surface area contributed by atoms with Crippen molar-refractivity contribution in [3.63, 3.8) is 0 Å². The first-order valence-electron chi connectivity index (χ1n) is 33.2. The molecule has 18 atom stereocenters. The molecule has 3 heterocycles. The summed E-state index contributed by atoms with van der Waals surface area (Å²) >= 11 is 0. The predicted molar refractivity (Wildman–Crippen MR) is 324 cm³/mol. The van der Waals surface area contributed by atoms with Crippen LogP contribution in [0.15, 0.2) is 24.3 Å². The van der Waals surface area contributed by atoms with Crippen LogP contribution in [-0.2, 0) is 42.8 Å². The number of ether oxygens (including phenoxy) is 6. The Balaban J connectivity index is 1.62. The van der Waals surface area contributed by atoms with E-state index in [1.54, 1.807) is 6.08 Å². The highest BCUT2D eigenvalue weighted by molar-refractivity contribution is 5.77. The zero-order valence-electron chi connectivity index (χ0n) is 52.6. The molecule has 2 amide bonds. The first-order valence-corrected chi connectivity index (χ1v) is 33.2. The van der Waals surface area contributed by atoms with Crippen LogP contribution >= 0.6 is 0 Å². The molecule has 0 aromatic heterocycles. The summed E-state index contributed by atoms with van der Waals surface area (Å²) in [4.78, 5) is 38.5. The summed E-state index contributed by atoms with van der Waals surface area (Å²) in [6, 6.07) is -2.62. The highest BCUT2D eigenvalue weighted by Crippen LogP contribution is 2.38. The van der Waals surface area contributed by atoms with Crippen molar-refractivity contribution in [3.05, 3.63) is 24.3 Å². The van der Waals surface area contributed by atoms with E-state index in [2.05, 4.69) is 36.6 Å². The van der Waals surface area contributed by atoms with Crippen LogP contribution in [0.1, 0.15) is 226 Å². The number of carbonyl (C=O) groups is 3. The Bertz CT molecular complexity index is 1870. The zero-order valence-corrected chi connectivity index (χ0v) is 52.6. The van der Waals surface area contributed by atoms with Gasteiger partial charge in [0.15, 0.2) is 12.6 Å². The van der Waals surface area contributed by atoms with Crippen molar-refractivity contribution in [2.24, 2.45) is 0 Å². The summed E-state index contributed by atoms with van der Waals surface area (Å²) in [6.07, 6.45) is 13.7. The average Bonchev–Trinajstić information content (AvgIpc) is 1.16. The third kappa shape index (κ3) is 28.7. The number of nitrogens with one attached hydrogen (secondary N) is 2. The Morgan fingerprint density at radius 3 is 1.56 bits per heavy atom. The molecule has 0 aromatic carbocycles. The quantitative estimate of drug-likeness (QED) is 0.0285. The van der Waals surface area contributed by atoms with Gasteiger partial charge in [0.05, 0.1) is 50.7 Å². The molecule has 0 bridgehead atoms. The van der Waals surface area contributed by atoms with Crippen molar-refractivity contribution in [2.45, 2.75) is 336 Å². The smallest absolute Gasteiger partial charge is 0.364 e. The molecule has 3 saturated heterocycles. The molecule has 0 aromatic rings. The van der Waals surface area contributed by atoms with Gasteiger partial charge in [0, 0.05) is 19.8 Å². The lowest BCUT2D eigenvalue weighted by Crippen LogP contribution is -2.70. The minimum absolute atomic E-state index is 0.196. The fourth-order valence-electron chi connectivity index (χ4n) is 11.5. The number of carboxylic acid groups (broad SMARTS) is 1. The molecule has 23 nitrogen and oxygen atoms in total. The summed E-state index contributed by atoms with van der Waals surface area (Å²) < 4.78 is 34.7. The van der Waals surface area contributed by atoms with E-state index in [1.807, 2.05) is 6.08 Å². The number of allylic oxidation sites excluding steroid dienone is 3. The number of hydrogen-bond acceptors (Lipinski definition) is 20. The molecule has 3 aliphatic rings. The number of aliphatic hydroxyl groups is 11. The number of aliphatic carboxylic acids is 1. The van der Waals surface area contributed by atoms with Crippen molar-refractivity contribution in [3.8, 4) is 0 Å². The molecule has 3 aliphatic heterocycles.